The number of hydrogen-bond acceptors (Lipinski definition) is 5. The monoisotopic (exact) mass is 480 g/mol. The first-order valence-electron chi connectivity index (χ1n) is 10.6. The summed E-state index contributed by atoms with van der Waals surface area (Å²) < 4.78 is 27.1. The standard InChI is InChI=1S/C25H22F2N4O2S/c1-15-6-7-16(2)21(11-15)30-25-31(14-18-5-3-4-10-28-18)24(33)22(34-25)13-23(32)29-20-9-8-17(26)12-19(20)27/h3-12,22H,13-14H2,1-2H3,(H,29,32). The Morgan fingerprint density at radius 2 is 1.97 bits per heavy atom. The van der Waals surface area contributed by atoms with E-state index in [0.29, 0.717) is 16.9 Å². The van der Waals surface area contributed by atoms with Crippen LogP contribution in [-0.4, -0.2) is 32.1 Å². The van der Waals surface area contributed by atoms with Gasteiger partial charge < -0.3 is 5.32 Å². The maximum atomic E-state index is 13.9. The van der Waals surface area contributed by atoms with Crippen molar-refractivity contribution < 1.29 is 18.4 Å². The molecule has 0 spiro atoms. The van der Waals surface area contributed by atoms with Gasteiger partial charge in [-0.2, -0.15) is 0 Å². The molecule has 1 fully saturated rings. The molecular weight excluding hydrogens is 458 g/mol. The molecule has 2 heterocycles. The Labute approximate surface area is 200 Å². The van der Waals surface area contributed by atoms with Crippen LogP contribution >= 0.6 is 11.8 Å². The number of aliphatic imine (C=N–C) groups is 1. The van der Waals surface area contributed by atoms with Gasteiger partial charge in [-0.25, -0.2) is 13.8 Å². The van der Waals surface area contributed by atoms with Crippen LogP contribution in [0.3, 0.4) is 0 Å². The van der Waals surface area contributed by atoms with Crippen molar-refractivity contribution in [3.63, 3.8) is 0 Å². The average Bonchev–Trinajstić information content (AvgIpc) is 3.07. The molecule has 0 radical (unpaired) electrons. The van der Waals surface area contributed by atoms with Crippen LogP contribution < -0.4 is 5.32 Å². The van der Waals surface area contributed by atoms with Crippen LogP contribution in [0.1, 0.15) is 23.2 Å². The molecule has 4 rings (SSSR count). The lowest BCUT2D eigenvalue weighted by molar-refractivity contribution is -0.128. The third-order valence-electron chi connectivity index (χ3n) is 5.22. The van der Waals surface area contributed by atoms with Crippen LogP contribution in [0.25, 0.3) is 0 Å². The van der Waals surface area contributed by atoms with Crippen LogP contribution in [0.5, 0.6) is 0 Å². The number of rotatable bonds is 6. The van der Waals surface area contributed by atoms with Crippen LogP contribution in [-0.2, 0) is 16.1 Å². The molecule has 34 heavy (non-hydrogen) atoms. The number of amidine groups is 1. The zero-order valence-electron chi connectivity index (χ0n) is 18.6. The summed E-state index contributed by atoms with van der Waals surface area (Å²) in [7, 11) is 0. The fourth-order valence-electron chi connectivity index (χ4n) is 3.43. The molecule has 2 aromatic carbocycles. The van der Waals surface area contributed by atoms with E-state index in [-0.39, 0.29) is 24.6 Å². The molecule has 1 saturated heterocycles. The number of pyridine rings is 1. The Bertz CT molecular complexity index is 1270. The summed E-state index contributed by atoms with van der Waals surface area (Å²) in [5.74, 6) is -2.46. The summed E-state index contributed by atoms with van der Waals surface area (Å²) in [6.07, 6.45) is 1.46. The molecule has 1 unspecified atom stereocenters. The summed E-state index contributed by atoms with van der Waals surface area (Å²) in [5, 5.41) is 2.14. The lowest BCUT2D eigenvalue weighted by Crippen LogP contribution is -2.33. The van der Waals surface area contributed by atoms with Crippen LogP contribution in [0.15, 0.2) is 65.8 Å². The zero-order valence-corrected chi connectivity index (χ0v) is 19.4. The van der Waals surface area contributed by atoms with E-state index in [1.54, 1.807) is 12.3 Å². The van der Waals surface area contributed by atoms with Crippen molar-refractivity contribution in [2.75, 3.05) is 5.32 Å². The van der Waals surface area contributed by atoms with Gasteiger partial charge in [0.15, 0.2) is 5.17 Å². The second kappa shape index (κ2) is 10.1. The summed E-state index contributed by atoms with van der Waals surface area (Å²) in [4.78, 5) is 36.4. The van der Waals surface area contributed by atoms with E-state index >= 15 is 0 Å². The Hall–Kier alpha value is -3.59. The van der Waals surface area contributed by atoms with Gasteiger partial charge in [0.2, 0.25) is 11.8 Å². The molecule has 6 nitrogen and oxygen atoms in total. The van der Waals surface area contributed by atoms with Gasteiger partial charge >= 0.3 is 0 Å². The third kappa shape index (κ3) is 5.48. The van der Waals surface area contributed by atoms with Gasteiger partial charge in [0.1, 0.15) is 16.9 Å². The van der Waals surface area contributed by atoms with Gasteiger partial charge in [0, 0.05) is 18.7 Å². The topological polar surface area (TPSA) is 74.7 Å². The highest BCUT2D eigenvalue weighted by Crippen LogP contribution is 2.34. The van der Waals surface area contributed by atoms with E-state index < -0.39 is 22.8 Å². The van der Waals surface area contributed by atoms with Gasteiger partial charge in [-0.3, -0.25) is 19.5 Å². The predicted octanol–water partition coefficient (Wildman–Crippen LogP) is 5.14. The number of nitrogens with zero attached hydrogens (tertiary/aromatic N) is 3. The highest BCUT2D eigenvalue weighted by atomic mass is 32.2. The van der Waals surface area contributed by atoms with Gasteiger partial charge in [0.05, 0.1) is 23.6 Å². The van der Waals surface area contributed by atoms with Crippen molar-refractivity contribution in [3.05, 3.63) is 89.2 Å². The van der Waals surface area contributed by atoms with Crippen molar-refractivity contribution in [1.82, 2.24) is 9.88 Å². The second-order valence-corrected chi connectivity index (χ2v) is 9.08. The Morgan fingerprint density at radius 3 is 2.71 bits per heavy atom. The molecule has 0 saturated carbocycles. The molecule has 174 valence electrons. The van der Waals surface area contributed by atoms with Crippen LogP contribution in [0, 0.1) is 25.5 Å². The maximum absolute atomic E-state index is 13.9. The van der Waals surface area contributed by atoms with E-state index in [4.69, 9.17) is 4.99 Å². The molecule has 2 amide bonds. The number of nitrogens with one attached hydrogen (secondary N) is 1. The van der Waals surface area contributed by atoms with Crippen LogP contribution in [0.2, 0.25) is 0 Å². The number of carbonyl (C=O) groups is 2. The number of amides is 2. The molecule has 1 aromatic heterocycles. The minimum atomic E-state index is -0.882. The fourth-order valence-corrected chi connectivity index (χ4v) is 4.58. The highest BCUT2D eigenvalue weighted by Gasteiger charge is 2.39. The first kappa shape index (κ1) is 23.6. The van der Waals surface area contributed by atoms with Gasteiger partial charge in [-0.1, -0.05) is 30.0 Å². The smallest absolute Gasteiger partial charge is 0.243 e. The van der Waals surface area contributed by atoms with Crippen molar-refractivity contribution in [2.24, 2.45) is 4.99 Å². The number of aryl methyl sites for hydroxylation is 2. The minimum Gasteiger partial charge on any atom is -0.324 e. The number of hydrogen-bond donors (Lipinski definition) is 1. The average molecular weight is 481 g/mol. The van der Waals surface area contributed by atoms with E-state index in [2.05, 4.69) is 10.3 Å². The molecule has 1 N–H and O–H groups in total. The normalized spacial score (nSPS) is 16.8. The molecule has 1 atom stereocenters. The lowest BCUT2D eigenvalue weighted by atomic mass is 10.1. The summed E-state index contributed by atoms with van der Waals surface area (Å²) in [6, 6.07) is 14.2. The molecule has 3 aromatic rings. The predicted molar refractivity (Wildman–Crippen MR) is 129 cm³/mol. The quantitative estimate of drug-likeness (QED) is 0.530. The first-order chi connectivity index (χ1) is 16.3. The summed E-state index contributed by atoms with van der Waals surface area (Å²) in [6.45, 7) is 4.11. The number of carbonyl (C=O) groups excluding carboxylic acids is 2. The van der Waals surface area contributed by atoms with Crippen molar-refractivity contribution in [3.8, 4) is 0 Å². The van der Waals surface area contributed by atoms with E-state index in [0.717, 1.165) is 28.9 Å². The number of benzene rings is 2. The lowest BCUT2D eigenvalue weighted by Gasteiger charge is -2.16. The molecule has 0 aliphatic carbocycles. The fraction of sp³-hybridized carbons (Fsp3) is 0.200. The van der Waals surface area contributed by atoms with Gasteiger partial charge in [-0.05, 0) is 55.3 Å². The number of thioether (sulfide) groups is 1. The second-order valence-electron chi connectivity index (χ2n) is 7.91. The summed E-state index contributed by atoms with van der Waals surface area (Å²) >= 11 is 1.19. The zero-order chi connectivity index (χ0) is 24.2. The van der Waals surface area contributed by atoms with Gasteiger partial charge in [0.25, 0.3) is 0 Å². The summed E-state index contributed by atoms with van der Waals surface area (Å²) in [5.41, 5.74) is 3.27. The third-order valence-corrected chi connectivity index (χ3v) is 6.40. The Balaban J connectivity index is 1.57. The minimum absolute atomic E-state index is 0.142. The van der Waals surface area contributed by atoms with Crippen molar-refractivity contribution >= 4 is 40.1 Å². The number of halogens is 2. The van der Waals surface area contributed by atoms with E-state index in [1.807, 2.05) is 44.2 Å². The Morgan fingerprint density at radius 1 is 1.15 bits per heavy atom. The molecule has 0 bridgehead atoms. The highest BCUT2D eigenvalue weighted by molar-refractivity contribution is 8.15. The molecule has 9 heteroatoms. The first-order valence-corrected chi connectivity index (χ1v) is 11.5. The van der Waals surface area contributed by atoms with E-state index in [9.17, 15) is 18.4 Å². The maximum Gasteiger partial charge on any atom is 0.243 e. The van der Waals surface area contributed by atoms with Crippen LogP contribution in [0.4, 0.5) is 20.2 Å². The van der Waals surface area contributed by atoms with E-state index in [1.165, 1.54) is 16.7 Å². The Kier molecular flexibility index (Phi) is 7.02. The van der Waals surface area contributed by atoms with Crippen molar-refractivity contribution in [2.45, 2.75) is 32.1 Å². The molecular formula is C25H22F2N4O2S. The molecule has 1 aliphatic rings. The molecule has 1 aliphatic heterocycles. The number of aromatic nitrogens is 1. The largest absolute Gasteiger partial charge is 0.324 e. The SMILES string of the molecule is Cc1ccc(C)c(N=C2SC(CC(=O)Nc3ccc(F)cc3F)C(=O)N2Cc2ccccn2)c1. The number of anilines is 1. The van der Waals surface area contributed by atoms with Gasteiger partial charge in [-0.15, -0.1) is 0 Å². The van der Waals surface area contributed by atoms with Crippen molar-refractivity contribution in [1.29, 1.82) is 0 Å².